The number of nitrogens with zero attached hydrogens (tertiary/aromatic N) is 2. The van der Waals surface area contributed by atoms with Crippen LogP contribution in [0, 0.1) is 0 Å². The predicted molar refractivity (Wildman–Crippen MR) is 78.2 cm³/mol. The predicted octanol–water partition coefficient (Wildman–Crippen LogP) is 1.99. The Morgan fingerprint density at radius 2 is 2.21 bits per heavy atom. The molecule has 1 saturated heterocycles. The number of aromatic nitrogens is 1. The van der Waals surface area contributed by atoms with Crippen LogP contribution in [0.1, 0.15) is 31.7 Å². The van der Waals surface area contributed by atoms with Gasteiger partial charge in [-0.15, -0.1) is 12.4 Å². The lowest BCUT2D eigenvalue weighted by Gasteiger charge is -2.22. The second-order valence-electron chi connectivity index (χ2n) is 4.76. The van der Waals surface area contributed by atoms with Gasteiger partial charge in [-0.1, -0.05) is 0 Å². The summed E-state index contributed by atoms with van der Waals surface area (Å²) in [4.78, 5) is 18.1. The van der Waals surface area contributed by atoms with Crippen LogP contribution < -0.4 is 5.32 Å². The number of hydrogen-bond acceptors (Lipinski definition) is 3. The number of nitrogens with one attached hydrogen (secondary N) is 1. The number of pyridine rings is 1. The van der Waals surface area contributed by atoms with Crippen LogP contribution >= 0.6 is 12.4 Å². The molecule has 0 spiro atoms. The van der Waals surface area contributed by atoms with E-state index in [1.807, 2.05) is 24.0 Å². The van der Waals surface area contributed by atoms with Crippen LogP contribution in [0.2, 0.25) is 0 Å². The van der Waals surface area contributed by atoms with Gasteiger partial charge in [-0.25, -0.2) is 0 Å². The first-order valence-electron chi connectivity index (χ1n) is 6.69. The molecule has 1 N–H and O–H groups in total. The highest BCUT2D eigenvalue weighted by atomic mass is 35.5. The van der Waals surface area contributed by atoms with Gasteiger partial charge in [-0.3, -0.25) is 9.78 Å². The van der Waals surface area contributed by atoms with E-state index < -0.39 is 0 Å². The maximum atomic E-state index is 12.2. The molecule has 2 heterocycles. The van der Waals surface area contributed by atoms with Gasteiger partial charge in [0.15, 0.2) is 0 Å². The summed E-state index contributed by atoms with van der Waals surface area (Å²) in [7, 11) is 0. The fourth-order valence-electron chi connectivity index (χ4n) is 2.36. The van der Waals surface area contributed by atoms with Crippen molar-refractivity contribution in [2.24, 2.45) is 0 Å². The fraction of sp³-hybridized carbons (Fsp3) is 0.571. The fourth-order valence-corrected chi connectivity index (χ4v) is 2.36. The molecule has 4 nitrogen and oxygen atoms in total. The van der Waals surface area contributed by atoms with Crippen LogP contribution in [0.3, 0.4) is 0 Å². The molecule has 1 atom stereocenters. The molecule has 0 radical (unpaired) electrons. The zero-order chi connectivity index (χ0) is 12.8. The molecule has 5 heteroatoms. The zero-order valence-corrected chi connectivity index (χ0v) is 12.2. The largest absolute Gasteiger partial charge is 0.339 e. The van der Waals surface area contributed by atoms with E-state index in [1.165, 1.54) is 6.42 Å². The van der Waals surface area contributed by atoms with Crippen molar-refractivity contribution < 1.29 is 4.79 Å². The normalized spacial score (nSPS) is 17.8. The summed E-state index contributed by atoms with van der Waals surface area (Å²) >= 11 is 0. The molecule has 1 amide bonds. The molecule has 1 aliphatic rings. The molecule has 0 bridgehead atoms. The number of carbonyl (C=O) groups is 1. The number of halogens is 1. The lowest BCUT2D eigenvalue weighted by Crippen LogP contribution is -2.35. The highest BCUT2D eigenvalue weighted by molar-refractivity contribution is 5.85. The molecular weight excluding hydrogens is 262 g/mol. The van der Waals surface area contributed by atoms with Crippen molar-refractivity contribution in [3.63, 3.8) is 0 Å². The van der Waals surface area contributed by atoms with Crippen LogP contribution in [0.15, 0.2) is 24.5 Å². The van der Waals surface area contributed by atoms with Crippen LogP contribution in [-0.4, -0.2) is 34.9 Å². The Labute approximate surface area is 121 Å². The third-order valence-electron chi connectivity index (χ3n) is 3.44. The van der Waals surface area contributed by atoms with E-state index in [0.29, 0.717) is 19.0 Å². The van der Waals surface area contributed by atoms with Gasteiger partial charge in [0.05, 0.1) is 0 Å². The molecule has 1 aromatic heterocycles. The Balaban J connectivity index is 0.00000180. The Morgan fingerprint density at radius 1 is 1.47 bits per heavy atom. The van der Waals surface area contributed by atoms with Crippen molar-refractivity contribution >= 4 is 18.3 Å². The van der Waals surface area contributed by atoms with E-state index in [9.17, 15) is 4.79 Å². The molecule has 0 saturated carbocycles. The summed E-state index contributed by atoms with van der Waals surface area (Å²) in [6, 6.07) is 4.30. The molecule has 2 rings (SSSR count). The molecule has 106 valence electrons. The van der Waals surface area contributed by atoms with Crippen molar-refractivity contribution in [3.8, 4) is 0 Å². The summed E-state index contributed by atoms with van der Waals surface area (Å²) in [5.74, 6) is 0.244. The topological polar surface area (TPSA) is 45.2 Å². The first-order chi connectivity index (χ1) is 8.79. The van der Waals surface area contributed by atoms with Crippen molar-refractivity contribution in [3.05, 3.63) is 30.1 Å². The third kappa shape index (κ3) is 4.80. The van der Waals surface area contributed by atoms with Crippen molar-refractivity contribution in [2.45, 2.75) is 38.8 Å². The molecule has 0 aliphatic carbocycles. The minimum atomic E-state index is 0. The van der Waals surface area contributed by atoms with Gasteiger partial charge in [0.1, 0.15) is 0 Å². The summed E-state index contributed by atoms with van der Waals surface area (Å²) in [6.45, 7) is 4.52. The Morgan fingerprint density at radius 3 is 2.79 bits per heavy atom. The summed E-state index contributed by atoms with van der Waals surface area (Å²) < 4.78 is 0. The van der Waals surface area contributed by atoms with Gasteiger partial charge in [0.25, 0.3) is 0 Å². The molecular formula is C14H22ClN3O. The average molecular weight is 284 g/mol. The number of amides is 1. The van der Waals surface area contributed by atoms with Crippen molar-refractivity contribution in [1.29, 1.82) is 0 Å². The standard InChI is InChI=1S/C14H21N3O.ClH/c1-2-17(11-12-5-8-15-9-6-12)14(18)10-13-4-3-7-16-13;/h5-6,8-9,13,16H,2-4,7,10-11H2,1H3;1H. The second kappa shape index (κ2) is 8.12. The first kappa shape index (κ1) is 15.9. The van der Waals surface area contributed by atoms with E-state index in [0.717, 1.165) is 25.1 Å². The third-order valence-corrected chi connectivity index (χ3v) is 3.44. The molecule has 1 fully saturated rings. The number of hydrogen-bond donors (Lipinski definition) is 1. The van der Waals surface area contributed by atoms with Crippen LogP contribution in [0.25, 0.3) is 0 Å². The van der Waals surface area contributed by atoms with Gasteiger partial charge in [-0.05, 0) is 44.0 Å². The maximum Gasteiger partial charge on any atom is 0.224 e. The quantitative estimate of drug-likeness (QED) is 0.899. The summed E-state index contributed by atoms with van der Waals surface area (Å²) in [5, 5.41) is 3.37. The molecule has 19 heavy (non-hydrogen) atoms. The lowest BCUT2D eigenvalue weighted by molar-refractivity contribution is -0.132. The van der Waals surface area contributed by atoms with Crippen LogP contribution in [0.4, 0.5) is 0 Å². The molecule has 1 aromatic rings. The van der Waals surface area contributed by atoms with Crippen molar-refractivity contribution in [2.75, 3.05) is 13.1 Å². The highest BCUT2D eigenvalue weighted by Crippen LogP contribution is 2.12. The minimum absolute atomic E-state index is 0. The van der Waals surface area contributed by atoms with E-state index >= 15 is 0 Å². The highest BCUT2D eigenvalue weighted by Gasteiger charge is 2.20. The molecule has 0 aromatic carbocycles. The van der Waals surface area contributed by atoms with Crippen LogP contribution in [-0.2, 0) is 11.3 Å². The summed E-state index contributed by atoms with van der Waals surface area (Å²) in [6.07, 6.45) is 6.48. The Hall–Kier alpha value is -1.13. The van der Waals surface area contributed by atoms with Gasteiger partial charge in [0.2, 0.25) is 5.91 Å². The van der Waals surface area contributed by atoms with Gasteiger partial charge < -0.3 is 10.2 Å². The lowest BCUT2D eigenvalue weighted by atomic mass is 10.1. The van der Waals surface area contributed by atoms with E-state index in [2.05, 4.69) is 10.3 Å². The van der Waals surface area contributed by atoms with Crippen molar-refractivity contribution in [1.82, 2.24) is 15.2 Å². The van der Waals surface area contributed by atoms with Gasteiger partial charge >= 0.3 is 0 Å². The van der Waals surface area contributed by atoms with E-state index in [1.54, 1.807) is 12.4 Å². The van der Waals surface area contributed by atoms with Gasteiger partial charge in [0, 0.05) is 37.9 Å². The van der Waals surface area contributed by atoms with Crippen LogP contribution in [0.5, 0.6) is 0 Å². The Bertz CT molecular complexity index is 380. The smallest absolute Gasteiger partial charge is 0.224 e. The monoisotopic (exact) mass is 283 g/mol. The molecule has 1 unspecified atom stereocenters. The number of carbonyl (C=O) groups excluding carboxylic acids is 1. The second-order valence-corrected chi connectivity index (χ2v) is 4.76. The summed E-state index contributed by atoms with van der Waals surface area (Å²) in [5.41, 5.74) is 1.14. The van der Waals surface area contributed by atoms with Gasteiger partial charge in [-0.2, -0.15) is 0 Å². The zero-order valence-electron chi connectivity index (χ0n) is 11.3. The maximum absolute atomic E-state index is 12.2. The SMILES string of the molecule is CCN(Cc1ccncc1)C(=O)CC1CCCN1.Cl. The molecule has 1 aliphatic heterocycles. The first-order valence-corrected chi connectivity index (χ1v) is 6.69. The minimum Gasteiger partial charge on any atom is -0.339 e. The number of rotatable bonds is 5. The average Bonchev–Trinajstić information content (AvgIpc) is 2.90. The van der Waals surface area contributed by atoms with E-state index in [4.69, 9.17) is 0 Å². The van der Waals surface area contributed by atoms with E-state index in [-0.39, 0.29) is 18.3 Å². The Kier molecular flexibility index (Phi) is 6.81.